The maximum absolute atomic E-state index is 12.3. The number of aryl methyl sites for hydroxylation is 2. The molecule has 11 heteroatoms. The van der Waals surface area contributed by atoms with Gasteiger partial charge >= 0.3 is 12.3 Å². The van der Waals surface area contributed by atoms with E-state index in [1.54, 1.807) is 12.1 Å². The molecule has 8 nitrogen and oxygen atoms in total. The molecular formula is C20H18F2N4O4S. The van der Waals surface area contributed by atoms with Crippen LogP contribution in [0.3, 0.4) is 0 Å². The molecule has 0 spiro atoms. The number of nitrogens with one attached hydrogen (secondary N) is 1. The molecule has 0 saturated heterocycles. The van der Waals surface area contributed by atoms with Crippen LogP contribution >= 0.6 is 11.3 Å². The normalized spacial score (nSPS) is 11.3. The van der Waals surface area contributed by atoms with E-state index in [-0.39, 0.29) is 11.3 Å². The van der Waals surface area contributed by atoms with E-state index in [1.807, 2.05) is 6.92 Å². The van der Waals surface area contributed by atoms with Crippen LogP contribution in [0.15, 0.2) is 46.1 Å². The summed E-state index contributed by atoms with van der Waals surface area (Å²) >= 11 is 1.24. The molecule has 0 saturated carbocycles. The van der Waals surface area contributed by atoms with E-state index < -0.39 is 23.8 Å². The Kier molecular flexibility index (Phi) is 6.44. The molecule has 0 unspecified atom stereocenters. The molecular weight excluding hydrogens is 430 g/mol. The van der Waals surface area contributed by atoms with Gasteiger partial charge < -0.3 is 9.30 Å². The van der Waals surface area contributed by atoms with Crippen LogP contribution in [-0.2, 0) is 18.9 Å². The molecule has 31 heavy (non-hydrogen) atoms. The number of benzene rings is 1. The number of halogens is 2. The molecule has 2 heterocycles. The van der Waals surface area contributed by atoms with Crippen LogP contribution in [0.25, 0.3) is 17.3 Å². The molecule has 1 amide bonds. The van der Waals surface area contributed by atoms with Gasteiger partial charge in [0.2, 0.25) is 5.91 Å². The first-order chi connectivity index (χ1) is 14.7. The summed E-state index contributed by atoms with van der Waals surface area (Å²) in [6, 6.07) is 6.02. The van der Waals surface area contributed by atoms with Crippen molar-refractivity contribution in [1.82, 2.24) is 14.1 Å². The number of carbonyl (C=O) groups excluding carboxylic acids is 1. The smallest absolute Gasteiger partial charge is 0.387 e. The average Bonchev–Trinajstić information content (AvgIpc) is 3.08. The zero-order chi connectivity index (χ0) is 22.7. The average molecular weight is 448 g/mol. The van der Waals surface area contributed by atoms with Gasteiger partial charge in [-0.3, -0.25) is 19.5 Å². The summed E-state index contributed by atoms with van der Waals surface area (Å²) in [5.74, 6) is -0.466. The molecule has 0 radical (unpaired) electrons. The number of thiazole rings is 1. The van der Waals surface area contributed by atoms with E-state index >= 15 is 0 Å². The number of aromatic nitrogens is 3. The molecule has 0 aliphatic rings. The molecule has 1 N–H and O–H groups in total. The molecule has 162 valence electrons. The van der Waals surface area contributed by atoms with E-state index in [4.69, 9.17) is 0 Å². The van der Waals surface area contributed by atoms with Crippen molar-refractivity contribution in [3.05, 3.63) is 67.8 Å². The lowest BCUT2D eigenvalue weighted by Gasteiger charge is -2.05. The second-order valence-corrected chi connectivity index (χ2v) is 7.69. The van der Waals surface area contributed by atoms with E-state index in [0.29, 0.717) is 16.4 Å². The minimum Gasteiger partial charge on any atom is -0.435 e. The molecule has 0 aliphatic carbocycles. The van der Waals surface area contributed by atoms with Crippen LogP contribution in [0, 0.1) is 6.92 Å². The fraction of sp³-hybridized carbons (Fsp3) is 0.200. The summed E-state index contributed by atoms with van der Waals surface area (Å²) in [6.45, 7) is -1.08. The molecule has 1 aromatic carbocycles. The number of alkyl halides is 2. The van der Waals surface area contributed by atoms with Crippen molar-refractivity contribution in [2.24, 2.45) is 14.1 Å². The predicted molar refractivity (Wildman–Crippen MR) is 114 cm³/mol. The summed E-state index contributed by atoms with van der Waals surface area (Å²) in [5, 5.41) is 2.96. The molecule has 0 aliphatic heterocycles. The first-order valence-corrected chi connectivity index (χ1v) is 9.75. The fourth-order valence-electron chi connectivity index (χ4n) is 2.77. The summed E-state index contributed by atoms with van der Waals surface area (Å²) in [7, 11) is 2.86. The second-order valence-electron chi connectivity index (χ2n) is 6.49. The monoisotopic (exact) mass is 448 g/mol. The Labute approximate surface area is 179 Å². The standard InChI is InChI=1S/C20H18F2N4O4S/c1-11-16(12-4-7-14(8-5-12)30-18(21)22)24-19(31-11)23-15(27)9-6-13-10-25(2)20(29)26(3)17(13)28/h4-10,18H,1-3H3,(H,23,24,27)/b9-6+. The maximum atomic E-state index is 12.3. The van der Waals surface area contributed by atoms with Gasteiger partial charge in [0.15, 0.2) is 5.13 Å². The highest BCUT2D eigenvalue weighted by atomic mass is 32.1. The number of hydrogen-bond acceptors (Lipinski definition) is 6. The number of carbonyl (C=O) groups is 1. The second kappa shape index (κ2) is 9.04. The maximum Gasteiger partial charge on any atom is 0.387 e. The third-order valence-electron chi connectivity index (χ3n) is 4.27. The van der Waals surface area contributed by atoms with Crippen molar-refractivity contribution in [3.63, 3.8) is 0 Å². The SMILES string of the molecule is Cc1sc(NC(=O)/C=C/c2cn(C)c(=O)n(C)c2=O)nc1-c1ccc(OC(F)F)cc1. The zero-order valence-corrected chi connectivity index (χ0v) is 17.6. The topological polar surface area (TPSA) is 95.2 Å². The van der Waals surface area contributed by atoms with Gasteiger partial charge in [-0.2, -0.15) is 8.78 Å². The van der Waals surface area contributed by atoms with Gasteiger partial charge in [-0.05, 0) is 37.3 Å². The minimum atomic E-state index is -2.90. The van der Waals surface area contributed by atoms with Gasteiger partial charge in [-0.25, -0.2) is 9.78 Å². The van der Waals surface area contributed by atoms with E-state index in [1.165, 1.54) is 60.5 Å². The molecule has 3 aromatic rings. The van der Waals surface area contributed by atoms with Crippen molar-refractivity contribution in [1.29, 1.82) is 0 Å². The van der Waals surface area contributed by atoms with Gasteiger partial charge in [0.05, 0.1) is 11.3 Å². The van der Waals surface area contributed by atoms with Crippen molar-refractivity contribution in [2.45, 2.75) is 13.5 Å². The fourth-order valence-corrected chi connectivity index (χ4v) is 3.61. The Bertz CT molecular complexity index is 1260. The molecule has 2 aromatic heterocycles. The summed E-state index contributed by atoms with van der Waals surface area (Å²) in [5.41, 5.74) is 0.478. The van der Waals surface area contributed by atoms with Crippen LogP contribution < -0.4 is 21.3 Å². The first-order valence-electron chi connectivity index (χ1n) is 8.94. The Morgan fingerprint density at radius 2 is 1.90 bits per heavy atom. The number of amides is 1. The number of ether oxygens (including phenoxy) is 1. The number of hydrogen-bond donors (Lipinski definition) is 1. The lowest BCUT2D eigenvalue weighted by atomic mass is 10.1. The highest BCUT2D eigenvalue weighted by molar-refractivity contribution is 7.16. The van der Waals surface area contributed by atoms with Crippen LogP contribution in [0.1, 0.15) is 10.4 Å². The Hall–Kier alpha value is -3.60. The molecule has 0 atom stereocenters. The minimum absolute atomic E-state index is 0.0369. The van der Waals surface area contributed by atoms with E-state index in [2.05, 4.69) is 15.0 Å². The lowest BCUT2D eigenvalue weighted by Crippen LogP contribution is -2.37. The quantitative estimate of drug-likeness (QED) is 0.585. The van der Waals surface area contributed by atoms with Gasteiger partial charge in [0.25, 0.3) is 5.56 Å². The Morgan fingerprint density at radius 3 is 2.55 bits per heavy atom. The third kappa shape index (κ3) is 5.12. The van der Waals surface area contributed by atoms with Crippen molar-refractivity contribution < 1.29 is 18.3 Å². The predicted octanol–water partition coefficient (Wildman–Crippen LogP) is 2.77. The summed E-state index contributed by atoms with van der Waals surface area (Å²) < 4.78 is 31.1. The number of nitrogens with zero attached hydrogens (tertiary/aromatic N) is 3. The summed E-state index contributed by atoms with van der Waals surface area (Å²) in [4.78, 5) is 41.3. The lowest BCUT2D eigenvalue weighted by molar-refractivity contribution is -0.111. The molecule has 3 rings (SSSR count). The van der Waals surface area contributed by atoms with Gasteiger partial charge in [0.1, 0.15) is 5.75 Å². The van der Waals surface area contributed by atoms with Crippen molar-refractivity contribution >= 4 is 28.5 Å². The molecule has 0 fully saturated rings. The van der Waals surface area contributed by atoms with Crippen LogP contribution in [0.2, 0.25) is 0 Å². The van der Waals surface area contributed by atoms with Gasteiger partial charge in [-0.15, -0.1) is 11.3 Å². The largest absolute Gasteiger partial charge is 0.435 e. The van der Waals surface area contributed by atoms with Gasteiger partial charge in [0, 0.05) is 36.8 Å². The van der Waals surface area contributed by atoms with Crippen LogP contribution in [0.5, 0.6) is 5.75 Å². The summed E-state index contributed by atoms with van der Waals surface area (Å²) in [6.07, 6.45) is 3.84. The number of rotatable bonds is 6. The highest BCUT2D eigenvalue weighted by Gasteiger charge is 2.12. The van der Waals surface area contributed by atoms with E-state index in [0.717, 1.165) is 9.44 Å². The van der Waals surface area contributed by atoms with Crippen molar-refractivity contribution in [3.8, 4) is 17.0 Å². The van der Waals surface area contributed by atoms with Crippen LogP contribution in [-0.4, -0.2) is 26.6 Å². The highest BCUT2D eigenvalue weighted by Crippen LogP contribution is 2.31. The Balaban J connectivity index is 1.74. The first kappa shape index (κ1) is 22.1. The zero-order valence-electron chi connectivity index (χ0n) is 16.8. The number of anilines is 1. The van der Waals surface area contributed by atoms with Crippen LogP contribution in [0.4, 0.5) is 13.9 Å². The molecule has 0 bridgehead atoms. The van der Waals surface area contributed by atoms with Gasteiger partial charge in [-0.1, -0.05) is 0 Å². The third-order valence-corrected chi connectivity index (χ3v) is 5.15. The van der Waals surface area contributed by atoms with E-state index in [9.17, 15) is 23.2 Å². The Morgan fingerprint density at radius 1 is 1.23 bits per heavy atom. The van der Waals surface area contributed by atoms with Crippen molar-refractivity contribution in [2.75, 3.05) is 5.32 Å².